The Labute approximate surface area is 105 Å². The van der Waals surface area contributed by atoms with Crippen LogP contribution >= 0.6 is 0 Å². The van der Waals surface area contributed by atoms with E-state index in [1.807, 2.05) is 0 Å². The quantitative estimate of drug-likeness (QED) is 0.668. The lowest BCUT2D eigenvalue weighted by Crippen LogP contribution is -2.24. The van der Waals surface area contributed by atoms with Crippen molar-refractivity contribution in [2.75, 3.05) is 11.9 Å². The summed E-state index contributed by atoms with van der Waals surface area (Å²) < 4.78 is 0. The molecule has 0 aliphatic carbocycles. The molecule has 0 radical (unpaired) electrons. The zero-order chi connectivity index (χ0) is 12.6. The number of allylic oxidation sites excluding steroid dienone is 2. The molecule has 1 nitrogen and oxygen atoms in total. The minimum absolute atomic E-state index is 1.25. The number of anilines is 1. The largest absolute Gasteiger partial charge is 0.351 e. The highest BCUT2D eigenvalue weighted by Crippen LogP contribution is 2.29. The molecule has 0 saturated carbocycles. The molecule has 1 aromatic carbocycles. The van der Waals surface area contributed by atoms with Gasteiger partial charge in [-0.1, -0.05) is 43.4 Å². The Kier molecular flexibility index (Phi) is 3.00. The van der Waals surface area contributed by atoms with E-state index in [1.165, 1.54) is 22.0 Å². The van der Waals surface area contributed by atoms with Crippen molar-refractivity contribution in [2.24, 2.45) is 0 Å². The third kappa shape index (κ3) is 2.52. The van der Waals surface area contributed by atoms with Gasteiger partial charge in [0.1, 0.15) is 0 Å². The molecular formula is C15H21NSi. The van der Waals surface area contributed by atoms with Crippen molar-refractivity contribution >= 4 is 19.8 Å². The summed E-state index contributed by atoms with van der Waals surface area (Å²) in [7, 11) is 0.890. The van der Waals surface area contributed by atoms with Gasteiger partial charge in [0.15, 0.2) is 0 Å². The van der Waals surface area contributed by atoms with Crippen LogP contribution in [0.4, 0.5) is 5.69 Å². The molecule has 0 saturated heterocycles. The second-order valence-electron chi connectivity index (χ2n) is 5.84. The normalized spacial score (nSPS) is 15.4. The van der Waals surface area contributed by atoms with Gasteiger partial charge < -0.3 is 4.90 Å². The van der Waals surface area contributed by atoms with E-state index in [0.717, 1.165) is 0 Å². The molecule has 17 heavy (non-hydrogen) atoms. The summed E-state index contributed by atoms with van der Waals surface area (Å²) in [5, 5.41) is 1.49. The second-order valence-corrected chi connectivity index (χ2v) is 10.9. The van der Waals surface area contributed by atoms with Gasteiger partial charge in [0, 0.05) is 18.9 Å². The summed E-state index contributed by atoms with van der Waals surface area (Å²) in [4.78, 5) is 2.25. The van der Waals surface area contributed by atoms with Gasteiger partial charge >= 0.3 is 0 Å². The molecule has 0 fully saturated rings. The standard InChI is InChI=1S/C15H21NSi/c1-12-6-9-15-13(10-12)7-8-14(11-16(15)2)17(3,4)5/h6-11H,1-5H3. The lowest BCUT2D eigenvalue weighted by molar-refractivity contribution is 1.19. The highest BCUT2D eigenvalue weighted by molar-refractivity contribution is 6.83. The first kappa shape index (κ1) is 12.2. The van der Waals surface area contributed by atoms with Crippen LogP contribution in [0.5, 0.6) is 0 Å². The van der Waals surface area contributed by atoms with Crippen molar-refractivity contribution in [3.63, 3.8) is 0 Å². The smallest absolute Gasteiger partial charge is 0.0795 e. The van der Waals surface area contributed by atoms with Gasteiger partial charge in [-0.25, -0.2) is 0 Å². The van der Waals surface area contributed by atoms with Crippen LogP contribution in [-0.2, 0) is 0 Å². The Morgan fingerprint density at radius 1 is 1.06 bits per heavy atom. The molecule has 1 aliphatic rings. The molecule has 0 aromatic heterocycles. The maximum Gasteiger partial charge on any atom is 0.0795 e. The zero-order valence-corrected chi connectivity index (χ0v) is 12.4. The third-order valence-electron chi connectivity index (χ3n) is 3.20. The van der Waals surface area contributed by atoms with E-state index in [1.54, 1.807) is 0 Å². The van der Waals surface area contributed by atoms with Gasteiger partial charge in [-0.2, -0.15) is 0 Å². The van der Waals surface area contributed by atoms with E-state index in [9.17, 15) is 0 Å². The summed E-state index contributed by atoms with van der Waals surface area (Å²) in [5.74, 6) is 0. The predicted octanol–water partition coefficient (Wildman–Crippen LogP) is 4.22. The van der Waals surface area contributed by atoms with Crippen LogP contribution in [0, 0.1) is 6.92 Å². The zero-order valence-electron chi connectivity index (χ0n) is 11.4. The fourth-order valence-electron chi connectivity index (χ4n) is 2.07. The molecule has 1 aliphatic heterocycles. The Balaban J connectivity index is 2.50. The van der Waals surface area contributed by atoms with Gasteiger partial charge in [-0.15, -0.1) is 0 Å². The average molecular weight is 243 g/mol. The lowest BCUT2D eigenvalue weighted by Gasteiger charge is -2.21. The molecular weight excluding hydrogens is 222 g/mol. The second kappa shape index (κ2) is 4.19. The van der Waals surface area contributed by atoms with Crippen molar-refractivity contribution in [1.82, 2.24) is 0 Å². The average Bonchev–Trinajstić information content (AvgIpc) is 2.37. The lowest BCUT2D eigenvalue weighted by atomic mass is 10.1. The van der Waals surface area contributed by atoms with Crippen LogP contribution in [0.15, 0.2) is 35.7 Å². The first-order valence-corrected chi connectivity index (χ1v) is 9.62. The maximum atomic E-state index is 2.39. The maximum absolute atomic E-state index is 2.39. The monoisotopic (exact) mass is 243 g/mol. The van der Waals surface area contributed by atoms with Crippen molar-refractivity contribution in [2.45, 2.75) is 26.6 Å². The topological polar surface area (TPSA) is 3.24 Å². The fraction of sp³-hybridized carbons (Fsp3) is 0.333. The number of aryl methyl sites for hydroxylation is 1. The first-order valence-electron chi connectivity index (χ1n) is 6.12. The Hall–Kier alpha value is -1.28. The van der Waals surface area contributed by atoms with Crippen LogP contribution in [0.25, 0.3) is 6.08 Å². The van der Waals surface area contributed by atoms with Crippen LogP contribution in [0.1, 0.15) is 11.1 Å². The number of rotatable bonds is 1. The third-order valence-corrected chi connectivity index (χ3v) is 5.23. The number of hydrogen-bond acceptors (Lipinski definition) is 1. The van der Waals surface area contributed by atoms with Crippen molar-refractivity contribution in [3.05, 3.63) is 46.8 Å². The summed E-state index contributed by atoms with van der Waals surface area (Å²) in [6.45, 7) is 9.31. The highest BCUT2D eigenvalue weighted by Gasteiger charge is 2.20. The minimum atomic E-state index is -1.25. The molecule has 1 heterocycles. The molecule has 2 heteroatoms. The Morgan fingerprint density at radius 2 is 1.76 bits per heavy atom. The van der Waals surface area contributed by atoms with Crippen molar-refractivity contribution < 1.29 is 0 Å². The van der Waals surface area contributed by atoms with Gasteiger partial charge in [-0.05, 0) is 29.8 Å². The fourth-order valence-corrected chi connectivity index (χ4v) is 3.24. The van der Waals surface area contributed by atoms with E-state index < -0.39 is 8.07 Å². The van der Waals surface area contributed by atoms with E-state index in [-0.39, 0.29) is 0 Å². The Bertz CT molecular complexity index is 492. The van der Waals surface area contributed by atoms with Crippen molar-refractivity contribution in [1.29, 1.82) is 0 Å². The van der Waals surface area contributed by atoms with Gasteiger partial charge in [-0.3, -0.25) is 0 Å². The molecule has 0 bridgehead atoms. The molecule has 0 amide bonds. The van der Waals surface area contributed by atoms with Crippen LogP contribution in [-0.4, -0.2) is 15.1 Å². The van der Waals surface area contributed by atoms with Gasteiger partial charge in [0.2, 0.25) is 0 Å². The molecule has 0 spiro atoms. The highest BCUT2D eigenvalue weighted by atomic mass is 28.3. The minimum Gasteiger partial charge on any atom is -0.351 e. The summed E-state index contributed by atoms with van der Waals surface area (Å²) in [6, 6.07) is 6.64. The molecule has 0 atom stereocenters. The van der Waals surface area contributed by atoms with E-state index in [4.69, 9.17) is 0 Å². The molecule has 0 N–H and O–H groups in total. The molecule has 90 valence electrons. The van der Waals surface area contributed by atoms with Crippen LogP contribution in [0.2, 0.25) is 19.6 Å². The molecule has 1 aromatic rings. The number of fused-ring (bicyclic) bond motifs is 1. The van der Waals surface area contributed by atoms with E-state index >= 15 is 0 Å². The summed E-state index contributed by atoms with van der Waals surface area (Å²) in [5.41, 5.74) is 3.93. The Morgan fingerprint density at radius 3 is 2.41 bits per heavy atom. The van der Waals surface area contributed by atoms with Gasteiger partial charge in [0.25, 0.3) is 0 Å². The molecule has 2 rings (SSSR count). The molecule has 0 unspecified atom stereocenters. The number of hydrogen-bond donors (Lipinski definition) is 0. The summed E-state index contributed by atoms with van der Waals surface area (Å²) in [6.07, 6.45) is 6.85. The van der Waals surface area contributed by atoms with E-state index in [2.05, 4.69) is 75.1 Å². The van der Waals surface area contributed by atoms with Crippen LogP contribution in [0.3, 0.4) is 0 Å². The SMILES string of the molecule is Cc1ccc2c(c1)C=CC([Si](C)(C)C)=CN2C. The first-order chi connectivity index (χ1) is 7.88. The number of nitrogens with zero attached hydrogens (tertiary/aromatic N) is 1. The summed E-state index contributed by atoms with van der Waals surface area (Å²) >= 11 is 0. The number of benzene rings is 1. The van der Waals surface area contributed by atoms with E-state index in [0.29, 0.717) is 0 Å². The van der Waals surface area contributed by atoms with Crippen molar-refractivity contribution in [3.8, 4) is 0 Å². The van der Waals surface area contributed by atoms with Gasteiger partial charge in [0.05, 0.1) is 8.07 Å². The van der Waals surface area contributed by atoms with Crippen LogP contribution < -0.4 is 4.90 Å². The predicted molar refractivity (Wildman–Crippen MR) is 80.0 cm³/mol.